The van der Waals surface area contributed by atoms with Gasteiger partial charge in [-0.3, -0.25) is 0 Å². The van der Waals surface area contributed by atoms with Gasteiger partial charge in [-0.25, -0.2) is 8.42 Å². The van der Waals surface area contributed by atoms with Crippen LogP contribution in [0.1, 0.15) is 25.3 Å². The van der Waals surface area contributed by atoms with E-state index in [0.29, 0.717) is 11.4 Å². The zero-order valence-corrected chi connectivity index (χ0v) is 13.6. The van der Waals surface area contributed by atoms with Crippen LogP contribution in [-0.2, 0) is 10.0 Å². The molecule has 1 saturated heterocycles. The highest BCUT2D eigenvalue weighted by Gasteiger charge is 2.33. The molecule has 1 aliphatic rings. The van der Waals surface area contributed by atoms with Gasteiger partial charge in [-0.15, -0.1) is 12.4 Å². The minimum Gasteiger partial charge on any atom is -0.315 e. The number of sulfonamides is 1. The first kappa shape index (κ1) is 17.4. The highest BCUT2D eigenvalue weighted by atomic mass is 35.5. The summed E-state index contributed by atoms with van der Waals surface area (Å²) in [7, 11) is -3.38. The van der Waals surface area contributed by atoms with Gasteiger partial charge in [-0.2, -0.15) is 4.31 Å². The Morgan fingerprint density at radius 3 is 2.60 bits per heavy atom. The number of halogens is 1. The second kappa shape index (κ2) is 7.41. The van der Waals surface area contributed by atoms with Crippen LogP contribution in [0.4, 0.5) is 0 Å². The van der Waals surface area contributed by atoms with Gasteiger partial charge in [-0.05, 0) is 37.9 Å². The molecule has 0 spiro atoms. The lowest BCUT2D eigenvalue weighted by molar-refractivity contribution is 0.335. The Labute approximate surface area is 128 Å². The smallest absolute Gasteiger partial charge is 0.243 e. The zero-order chi connectivity index (χ0) is 13.9. The van der Waals surface area contributed by atoms with Crippen LogP contribution in [0.2, 0.25) is 0 Å². The van der Waals surface area contributed by atoms with Crippen molar-refractivity contribution < 1.29 is 8.42 Å². The third-order valence-electron chi connectivity index (χ3n) is 3.57. The maximum Gasteiger partial charge on any atom is 0.243 e. The normalized spacial score (nSPS) is 19.1. The molecule has 0 aromatic heterocycles. The molecule has 0 aliphatic carbocycles. The standard InChI is InChI=1S/C14H22N2O2S.ClH/c1-3-10-16(13-8-9-15-11-13)19(17,18)14-7-5-4-6-12(14)2;/h4-7,13,15H,3,8-11H2,1-2H3;1H. The molecular formula is C14H23ClN2O2S. The lowest BCUT2D eigenvalue weighted by Crippen LogP contribution is -2.42. The molecule has 4 nitrogen and oxygen atoms in total. The average molecular weight is 319 g/mol. The van der Waals surface area contributed by atoms with Crippen molar-refractivity contribution in [1.29, 1.82) is 0 Å². The third-order valence-corrected chi connectivity index (χ3v) is 5.68. The number of hydrogen-bond acceptors (Lipinski definition) is 3. The van der Waals surface area contributed by atoms with E-state index in [9.17, 15) is 8.42 Å². The van der Waals surface area contributed by atoms with E-state index < -0.39 is 10.0 Å². The molecule has 1 unspecified atom stereocenters. The van der Waals surface area contributed by atoms with E-state index >= 15 is 0 Å². The summed E-state index contributed by atoms with van der Waals surface area (Å²) in [5, 5.41) is 3.24. The fourth-order valence-corrected chi connectivity index (χ4v) is 4.55. The number of nitrogens with zero attached hydrogens (tertiary/aromatic N) is 1. The van der Waals surface area contributed by atoms with Crippen molar-refractivity contribution in [3.63, 3.8) is 0 Å². The monoisotopic (exact) mass is 318 g/mol. The summed E-state index contributed by atoms with van der Waals surface area (Å²) < 4.78 is 27.3. The largest absolute Gasteiger partial charge is 0.315 e. The van der Waals surface area contributed by atoms with Crippen molar-refractivity contribution in [3.8, 4) is 0 Å². The first-order valence-corrected chi connectivity index (χ1v) is 8.29. The molecule has 114 valence electrons. The summed E-state index contributed by atoms with van der Waals surface area (Å²) in [4.78, 5) is 0.440. The molecule has 0 bridgehead atoms. The predicted octanol–water partition coefficient (Wildman–Crippen LogP) is 2.18. The zero-order valence-electron chi connectivity index (χ0n) is 12.0. The Balaban J connectivity index is 0.00000200. The van der Waals surface area contributed by atoms with E-state index in [-0.39, 0.29) is 18.4 Å². The number of aryl methyl sites for hydroxylation is 1. The second-order valence-corrected chi connectivity index (χ2v) is 6.89. The molecule has 1 N–H and O–H groups in total. The molecular weight excluding hydrogens is 296 g/mol. The van der Waals surface area contributed by atoms with Crippen LogP contribution >= 0.6 is 12.4 Å². The Hall–Kier alpha value is -0.620. The molecule has 1 aromatic rings. The number of rotatable bonds is 5. The summed E-state index contributed by atoms with van der Waals surface area (Å²) in [6, 6.07) is 7.30. The van der Waals surface area contributed by atoms with Gasteiger partial charge >= 0.3 is 0 Å². The Bertz CT molecular complexity index is 528. The lowest BCUT2D eigenvalue weighted by atomic mass is 10.2. The van der Waals surface area contributed by atoms with Gasteiger partial charge in [0.2, 0.25) is 10.0 Å². The van der Waals surface area contributed by atoms with E-state index in [1.165, 1.54) is 0 Å². The Morgan fingerprint density at radius 1 is 1.35 bits per heavy atom. The minimum atomic E-state index is -3.38. The third kappa shape index (κ3) is 3.52. The summed E-state index contributed by atoms with van der Waals surface area (Å²) in [5.74, 6) is 0. The van der Waals surface area contributed by atoms with Gasteiger partial charge in [0.25, 0.3) is 0 Å². The maximum atomic E-state index is 12.8. The summed E-state index contributed by atoms with van der Waals surface area (Å²) in [6.45, 7) is 6.11. The molecule has 0 saturated carbocycles. The molecule has 1 fully saturated rings. The van der Waals surface area contributed by atoms with Crippen molar-refractivity contribution in [2.75, 3.05) is 19.6 Å². The van der Waals surface area contributed by atoms with Gasteiger partial charge in [0, 0.05) is 19.1 Å². The molecule has 0 amide bonds. The Morgan fingerprint density at radius 2 is 2.05 bits per heavy atom. The molecule has 0 radical (unpaired) electrons. The highest BCUT2D eigenvalue weighted by Crippen LogP contribution is 2.23. The highest BCUT2D eigenvalue weighted by molar-refractivity contribution is 7.89. The fourth-order valence-electron chi connectivity index (χ4n) is 2.58. The SMILES string of the molecule is CCCN(C1CCNC1)S(=O)(=O)c1ccccc1C.Cl. The van der Waals surface area contributed by atoms with E-state index in [2.05, 4.69) is 5.32 Å². The molecule has 20 heavy (non-hydrogen) atoms. The van der Waals surface area contributed by atoms with E-state index in [0.717, 1.165) is 31.5 Å². The van der Waals surface area contributed by atoms with Crippen LogP contribution in [0, 0.1) is 6.92 Å². The van der Waals surface area contributed by atoms with Crippen molar-refractivity contribution in [1.82, 2.24) is 9.62 Å². The Kier molecular flexibility index (Phi) is 6.45. The van der Waals surface area contributed by atoms with Crippen LogP contribution < -0.4 is 5.32 Å². The molecule has 6 heteroatoms. The topological polar surface area (TPSA) is 49.4 Å². The van der Waals surface area contributed by atoms with Crippen LogP contribution in [0.15, 0.2) is 29.2 Å². The second-order valence-electron chi connectivity index (χ2n) is 5.03. The predicted molar refractivity (Wildman–Crippen MR) is 83.9 cm³/mol. The molecule has 1 aromatic carbocycles. The molecule has 1 heterocycles. The molecule has 1 aliphatic heterocycles. The summed E-state index contributed by atoms with van der Waals surface area (Å²) in [5.41, 5.74) is 0.814. The first-order chi connectivity index (χ1) is 9.07. The van der Waals surface area contributed by atoms with Crippen LogP contribution in [0.3, 0.4) is 0 Å². The average Bonchev–Trinajstić information content (AvgIpc) is 2.89. The van der Waals surface area contributed by atoms with Gasteiger partial charge in [-0.1, -0.05) is 25.1 Å². The molecule has 2 rings (SSSR count). The number of benzene rings is 1. The first-order valence-electron chi connectivity index (χ1n) is 6.85. The minimum absolute atomic E-state index is 0. The molecule has 1 atom stereocenters. The van der Waals surface area contributed by atoms with Crippen molar-refractivity contribution in [2.24, 2.45) is 0 Å². The van der Waals surface area contributed by atoms with Crippen LogP contribution in [0.5, 0.6) is 0 Å². The van der Waals surface area contributed by atoms with Crippen molar-refractivity contribution in [3.05, 3.63) is 29.8 Å². The van der Waals surface area contributed by atoms with Gasteiger partial charge in [0.15, 0.2) is 0 Å². The maximum absolute atomic E-state index is 12.8. The van der Waals surface area contributed by atoms with E-state index in [1.807, 2.05) is 26.0 Å². The van der Waals surface area contributed by atoms with Crippen LogP contribution in [0.25, 0.3) is 0 Å². The van der Waals surface area contributed by atoms with Gasteiger partial charge < -0.3 is 5.32 Å². The quantitative estimate of drug-likeness (QED) is 0.905. The van der Waals surface area contributed by atoms with Crippen LogP contribution in [-0.4, -0.2) is 38.4 Å². The van der Waals surface area contributed by atoms with E-state index in [4.69, 9.17) is 0 Å². The van der Waals surface area contributed by atoms with E-state index in [1.54, 1.807) is 16.4 Å². The number of hydrogen-bond donors (Lipinski definition) is 1. The lowest BCUT2D eigenvalue weighted by Gasteiger charge is -2.27. The van der Waals surface area contributed by atoms with Crippen molar-refractivity contribution >= 4 is 22.4 Å². The van der Waals surface area contributed by atoms with Crippen molar-refractivity contribution in [2.45, 2.75) is 37.6 Å². The number of nitrogens with one attached hydrogen (secondary N) is 1. The van der Waals surface area contributed by atoms with Gasteiger partial charge in [0.1, 0.15) is 0 Å². The summed E-state index contributed by atoms with van der Waals surface area (Å²) >= 11 is 0. The fraction of sp³-hybridized carbons (Fsp3) is 0.571. The summed E-state index contributed by atoms with van der Waals surface area (Å²) in [6.07, 6.45) is 1.73. The van der Waals surface area contributed by atoms with Gasteiger partial charge in [0.05, 0.1) is 4.90 Å².